The number of anilines is 2. The number of nitrogens with zero attached hydrogens (tertiary/aromatic N) is 1. The Balaban J connectivity index is 1.61. The zero-order valence-electron chi connectivity index (χ0n) is 14.8. The molecule has 0 aromatic heterocycles. The van der Waals surface area contributed by atoms with Gasteiger partial charge in [0.15, 0.2) is 0 Å². The van der Waals surface area contributed by atoms with Crippen LogP contribution in [0.15, 0.2) is 42.5 Å². The molecule has 1 saturated heterocycles. The lowest BCUT2D eigenvalue weighted by atomic mass is 10.1. The molecular formula is C20H23N3O2. The normalized spacial score (nSPS) is 16.8. The van der Waals surface area contributed by atoms with Crippen LogP contribution in [0.5, 0.6) is 0 Å². The van der Waals surface area contributed by atoms with Crippen LogP contribution in [0, 0.1) is 20.8 Å². The molecule has 5 nitrogen and oxygen atoms in total. The summed E-state index contributed by atoms with van der Waals surface area (Å²) in [5.74, 6) is 0.0314. The first-order valence-corrected chi connectivity index (χ1v) is 8.44. The maximum absolute atomic E-state index is 12.3. The SMILES string of the molecule is Cc1ccc(NC(=O)N[C@H]2CC(=O)N(c3ccc(C)c(C)c3)C2)cc1. The Labute approximate surface area is 148 Å². The van der Waals surface area contributed by atoms with E-state index in [0.29, 0.717) is 13.0 Å². The Hall–Kier alpha value is -2.82. The maximum atomic E-state index is 12.3. The van der Waals surface area contributed by atoms with E-state index in [1.807, 2.05) is 63.2 Å². The minimum absolute atomic E-state index is 0.0314. The number of aryl methyl sites for hydroxylation is 3. The Bertz CT molecular complexity index is 799. The van der Waals surface area contributed by atoms with E-state index in [1.54, 1.807) is 4.90 Å². The van der Waals surface area contributed by atoms with Gasteiger partial charge in [0.25, 0.3) is 0 Å². The van der Waals surface area contributed by atoms with Crippen LogP contribution in [0.3, 0.4) is 0 Å². The third-order valence-corrected chi connectivity index (χ3v) is 4.57. The highest BCUT2D eigenvalue weighted by molar-refractivity contribution is 5.97. The third-order valence-electron chi connectivity index (χ3n) is 4.57. The summed E-state index contributed by atoms with van der Waals surface area (Å²) in [5, 5.41) is 5.69. The van der Waals surface area contributed by atoms with Gasteiger partial charge in [-0.1, -0.05) is 23.8 Å². The fraction of sp³-hybridized carbons (Fsp3) is 0.300. The molecule has 2 aromatic rings. The predicted molar refractivity (Wildman–Crippen MR) is 100 cm³/mol. The van der Waals surface area contributed by atoms with E-state index < -0.39 is 0 Å². The lowest BCUT2D eigenvalue weighted by Crippen LogP contribution is -2.39. The lowest BCUT2D eigenvalue weighted by Gasteiger charge is -2.18. The van der Waals surface area contributed by atoms with Gasteiger partial charge in [0.1, 0.15) is 0 Å². The quantitative estimate of drug-likeness (QED) is 0.900. The molecular weight excluding hydrogens is 314 g/mol. The molecule has 0 radical (unpaired) electrons. The lowest BCUT2D eigenvalue weighted by molar-refractivity contribution is -0.117. The van der Waals surface area contributed by atoms with Crippen LogP contribution >= 0.6 is 0 Å². The van der Waals surface area contributed by atoms with Gasteiger partial charge in [0.05, 0.1) is 6.04 Å². The molecule has 0 saturated carbocycles. The van der Waals surface area contributed by atoms with E-state index in [1.165, 1.54) is 5.56 Å². The summed E-state index contributed by atoms with van der Waals surface area (Å²) in [7, 11) is 0. The fourth-order valence-electron chi connectivity index (χ4n) is 2.94. The number of carbonyl (C=O) groups excluding carboxylic acids is 2. The van der Waals surface area contributed by atoms with Crippen LogP contribution in [0.4, 0.5) is 16.2 Å². The zero-order valence-corrected chi connectivity index (χ0v) is 14.8. The van der Waals surface area contributed by atoms with Crippen molar-refractivity contribution in [3.63, 3.8) is 0 Å². The van der Waals surface area contributed by atoms with Gasteiger partial charge in [-0.15, -0.1) is 0 Å². The van der Waals surface area contributed by atoms with Gasteiger partial charge in [-0.25, -0.2) is 4.79 Å². The summed E-state index contributed by atoms with van der Waals surface area (Å²) >= 11 is 0. The average molecular weight is 337 g/mol. The van der Waals surface area contributed by atoms with Gasteiger partial charge in [0.2, 0.25) is 5.91 Å². The maximum Gasteiger partial charge on any atom is 0.319 e. The van der Waals surface area contributed by atoms with Crippen molar-refractivity contribution in [2.75, 3.05) is 16.8 Å². The van der Waals surface area contributed by atoms with E-state index >= 15 is 0 Å². The number of nitrogens with one attached hydrogen (secondary N) is 2. The first kappa shape index (κ1) is 17.0. The molecule has 1 heterocycles. The van der Waals surface area contributed by atoms with Crippen molar-refractivity contribution in [1.29, 1.82) is 0 Å². The largest absolute Gasteiger partial charge is 0.333 e. The molecule has 0 unspecified atom stereocenters. The number of carbonyl (C=O) groups is 2. The van der Waals surface area contributed by atoms with Crippen molar-refractivity contribution in [2.45, 2.75) is 33.2 Å². The monoisotopic (exact) mass is 337 g/mol. The van der Waals surface area contributed by atoms with Gasteiger partial charge in [0, 0.05) is 24.3 Å². The number of rotatable bonds is 3. The molecule has 130 valence electrons. The van der Waals surface area contributed by atoms with Gasteiger partial charge < -0.3 is 15.5 Å². The smallest absolute Gasteiger partial charge is 0.319 e. The third kappa shape index (κ3) is 3.99. The van der Waals surface area contributed by atoms with Crippen LogP contribution in [0.2, 0.25) is 0 Å². The fourth-order valence-corrected chi connectivity index (χ4v) is 2.94. The van der Waals surface area contributed by atoms with Gasteiger partial charge in [-0.05, 0) is 56.2 Å². The minimum Gasteiger partial charge on any atom is -0.333 e. The molecule has 25 heavy (non-hydrogen) atoms. The average Bonchev–Trinajstić information content (AvgIpc) is 2.92. The molecule has 2 aromatic carbocycles. The number of hydrogen-bond donors (Lipinski definition) is 2. The van der Waals surface area contributed by atoms with Crippen LogP contribution in [0.25, 0.3) is 0 Å². The first-order chi connectivity index (χ1) is 11.9. The molecule has 5 heteroatoms. The van der Waals surface area contributed by atoms with Gasteiger partial charge >= 0.3 is 6.03 Å². The molecule has 1 aliphatic rings. The molecule has 2 N–H and O–H groups in total. The summed E-state index contributed by atoms with van der Waals surface area (Å²) in [5.41, 5.74) is 5.10. The van der Waals surface area contributed by atoms with Crippen LogP contribution in [0.1, 0.15) is 23.1 Å². The summed E-state index contributed by atoms with van der Waals surface area (Å²) < 4.78 is 0. The van der Waals surface area contributed by atoms with Crippen molar-refractivity contribution in [3.8, 4) is 0 Å². The second-order valence-corrected chi connectivity index (χ2v) is 6.64. The van der Waals surface area contributed by atoms with Crippen LogP contribution in [-0.4, -0.2) is 24.5 Å². The van der Waals surface area contributed by atoms with E-state index in [4.69, 9.17) is 0 Å². The van der Waals surface area contributed by atoms with Crippen molar-refractivity contribution in [2.24, 2.45) is 0 Å². The molecule has 3 amide bonds. The molecule has 0 aliphatic carbocycles. The molecule has 3 rings (SSSR count). The Morgan fingerprint density at radius 2 is 1.76 bits per heavy atom. The Kier molecular flexibility index (Phi) is 4.74. The summed E-state index contributed by atoms with van der Waals surface area (Å²) in [6.07, 6.45) is 0.314. The van der Waals surface area contributed by atoms with Crippen LogP contribution in [-0.2, 0) is 4.79 Å². The summed E-state index contributed by atoms with van der Waals surface area (Å²) in [6, 6.07) is 13.1. The highest BCUT2D eigenvalue weighted by atomic mass is 16.2. The van der Waals surface area contributed by atoms with E-state index in [2.05, 4.69) is 10.6 Å². The van der Waals surface area contributed by atoms with E-state index in [0.717, 1.165) is 22.5 Å². The highest BCUT2D eigenvalue weighted by Gasteiger charge is 2.31. The molecule has 1 fully saturated rings. The van der Waals surface area contributed by atoms with Crippen molar-refractivity contribution in [1.82, 2.24) is 5.32 Å². The number of benzene rings is 2. The number of urea groups is 1. The Morgan fingerprint density at radius 1 is 1.04 bits per heavy atom. The van der Waals surface area contributed by atoms with Crippen LogP contribution < -0.4 is 15.5 Å². The first-order valence-electron chi connectivity index (χ1n) is 8.44. The Morgan fingerprint density at radius 3 is 2.44 bits per heavy atom. The summed E-state index contributed by atoms with van der Waals surface area (Å²) in [6.45, 7) is 6.56. The zero-order chi connectivity index (χ0) is 18.0. The summed E-state index contributed by atoms with van der Waals surface area (Å²) in [4.78, 5) is 26.2. The topological polar surface area (TPSA) is 61.4 Å². The van der Waals surface area contributed by atoms with Crippen molar-refractivity contribution in [3.05, 3.63) is 59.2 Å². The predicted octanol–water partition coefficient (Wildman–Crippen LogP) is 3.54. The molecule has 1 aliphatic heterocycles. The molecule has 0 spiro atoms. The van der Waals surface area contributed by atoms with E-state index in [9.17, 15) is 9.59 Å². The standard InChI is InChI=1S/C20H23N3O2/c1-13-4-7-16(8-5-13)21-20(25)22-17-11-19(24)23(12-17)18-9-6-14(2)15(3)10-18/h4-10,17H,11-12H2,1-3H3,(H2,21,22,25)/t17-/m0/s1. The number of amides is 3. The van der Waals surface area contributed by atoms with Gasteiger partial charge in [-0.2, -0.15) is 0 Å². The molecule has 1 atom stereocenters. The number of hydrogen-bond acceptors (Lipinski definition) is 2. The second-order valence-electron chi connectivity index (χ2n) is 6.64. The van der Waals surface area contributed by atoms with Crippen molar-refractivity contribution < 1.29 is 9.59 Å². The van der Waals surface area contributed by atoms with Crippen molar-refractivity contribution >= 4 is 23.3 Å². The van der Waals surface area contributed by atoms with Gasteiger partial charge in [-0.3, -0.25) is 4.79 Å². The van der Waals surface area contributed by atoms with E-state index in [-0.39, 0.29) is 18.0 Å². The highest BCUT2D eigenvalue weighted by Crippen LogP contribution is 2.24. The minimum atomic E-state index is -0.288. The second kappa shape index (κ2) is 6.97. The molecule has 0 bridgehead atoms.